The highest BCUT2D eigenvalue weighted by Crippen LogP contribution is 2.04. The van der Waals surface area contributed by atoms with Gasteiger partial charge in [-0.25, -0.2) is 0 Å². The Morgan fingerprint density at radius 2 is 1.88 bits per heavy atom. The monoisotopic (exact) mass is 245 g/mol. The number of nitrogens with zero attached hydrogens (tertiary/aromatic N) is 1. The normalized spacial score (nSPS) is 12.4. The quantitative estimate of drug-likeness (QED) is 0.674. The molecule has 0 radical (unpaired) electrons. The zero-order valence-corrected chi connectivity index (χ0v) is 11.1. The number of carbonyl (C=O) groups is 2. The number of esters is 1. The number of hydrogen-bond donors (Lipinski definition) is 1. The molecule has 0 rings (SSSR count). The predicted octanol–water partition coefficient (Wildman–Crippen LogP) is 0.805. The Labute approximate surface area is 103 Å². The molecule has 0 bridgehead atoms. The van der Waals surface area contributed by atoms with Crippen LogP contribution >= 0.6 is 0 Å². The van der Waals surface area contributed by atoms with E-state index in [-0.39, 0.29) is 30.8 Å². The fourth-order valence-electron chi connectivity index (χ4n) is 1.43. The first-order valence-electron chi connectivity index (χ1n) is 6.00. The summed E-state index contributed by atoms with van der Waals surface area (Å²) in [6.07, 6.45) is -0.432. The van der Waals surface area contributed by atoms with E-state index in [1.165, 1.54) is 4.90 Å². The van der Waals surface area contributed by atoms with E-state index in [0.717, 1.165) is 0 Å². The maximum atomic E-state index is 11.8. The van der Waals surface area contributed by atoms with E-state index in [9.17, 15) is 14.7 Å². The van der Waals surface area contributed by atoms with Crippen molar-refractivity contribution in [3.8, 4) is 0 Å². The lowest BCUT2D eigenvalue weighted by atomic mass is 10.1. The molecule has 0 aliphatic rings. The van der Waals surface area contributed by atoms with Gasteiger partial charge in [0.2, 0.25) is 5.91 Å². The lowest BCUT2D eigenvalue weighted by molar-refractivity contribution is -0.144. The Hall–Kier alpha value is -1.10. The van der Waals surface area contributed by atoms with Gasteiger partial charge < -0.3 is 14.7 Å². The van der Waals surface area contributed by atoms with Gasteiger partial charge in [-0.2, -0.15) is 0 Å². The summed E-state index contributed by atoms with van der Waals surface area (Å²) in [4.78, 5) is 24.5. The number of hydrogen-bond acceptors (Lipinski definition) is 4. The van der Waals surface area contributed by atoms with Gasteiger partial charge >= 0.3 is 5.97 Å². The first-order valence-corrected chi connectivity index (χ1v) is 6.00. The molecule has 17 heavy (non-hydrogen) atoms. The summed E-state index contributed by atoms with van der Waals surface area (Å²) in [5.74, 6) is -0.522. The van der Waals surface area contributed by atoms with Crippen LogP contribution in [0.5, 0.6) is 0 Å². The van der Waals surface area contributed by atoms with E-state index < -0.39 is 6.10 Å². The van der Waals surface area contributed by atoms with Crippen LogP contribution in [-0.4, -0.2) is 47.7 Å². The smallest absolute Gasteiger partial charge is 0.307 e. The van der Waals surface area contributed by atoms with Crippen molar-refractivity contribution >= 4 is 11.9 Å². The minimum Gasteiger partial charge on any atom is -0.466 e. The molecule has 1 atom stereocenters. The highest BCUT2D eigenvalue weighted by atomic mass is 16.5. The number of aliphatic hydroxyl groups excluding tert-OH is 1. The number of aliphatic hydroxyl groups is 1. The van der Waals surface area contributed by atoms with Crippen LogP contribution in [0.15, 0.2) is 0 Å². The zero-order valence-electron chi connectivity index (χ0n) is 11.1. The van der Waals surface area contributed by atoms with Gasteiger partial charge in [-0.15, -0.1) is 0 Å². The predicted molar refractivity (Wildman–Crippen MR) is 64.3 cm³/mol. The molecule has 1 unspecified atom stereocenters. The summed E-state index contributed by atoms with van der Waals surface area (Å²) in [6.45, 7) is 7.82. The highest BCUT2D eigenvalue weighted by Gasteiger charge is 2.19. The average molecular weight is 245 g/mol. The molecular weight excluding hydrogens is 222 g/mol. The lowest BCUT2D eigenvalue weighted by Gasteiger charge is -2.25. The van der Waals surface area contributed by atoms with Gasteiger partial charge in [-0.3, -0.25) is 9.59 Å². The molecule has 0 aromatic rings. The Morgan fingerprint density at radius 3 is 2.29 bits per heavy atom. The number of rotatable bonds is 7. The fourth-order valence-corrected chi connectivity index (χ4v) is 1.43. The Kier molecular flexibility index (Phi) is 7.54. The van der Waals surface area contributed by atoms with Crippen molar-refractivity contribution in [2.45, 2.75) is 40.2 Å². The van der Waals surface area contributed by atoms with Crippen LogP contribution in [0.4, 0.5) is 0 Å². The SMILES string of the molecule is CCOC(=O)CCN(CC(C)O)C(=O)C(C)C. The second kappa shape index (κ2) is 8.06. The van der Waals surface area contributed by atoms with E-state index in [0.29, 0.717) is 13.2 Å². The van der Waals surface area contributed by atoms with Gasteiger partial charge in [0.25, 0.3) is 0 Å². The number of carbonyl (C=O) groups excluding carboxylic acids is 2. The molecule has 5 nitrogen and oxygen atoms in total. The van der Waals surface area contributed by atoms with E-state index in [2.05, 4.69) is 0 Å². The standard InChI is InChI=1S/C12H23NO4/c1-5-17-11(15)6-7-13(8-10(4)14)12(16)9(2)3/h9-10,14H,5-8H2,1-4H3. The lowest BCUT2D eigenvalue weighted by Crippen LogP contribution is -2.40. The summed E-state index contributed by atoms with van der Waals surface area (Å²) in [7, 11) is 0. The van der Waals surface area contributed by atoms with Crippen molar-refractivity contribution in [1.82, 2.24) is 4.90 Å². The van der Waals surface area contributed by atoms with Gasteiger partial charge in [0.1, 0.15) is 0 Å². The molecule has 0 saturated heterocycles. The molecule has 100 valence electrons. The minimum absolute atomic E-state index is 0.0600. The molecule has 0 aliphatic heterocycles. The Balaban J connectivity index is 4.29. The Morgan fingerprint density at radius 1 is 1.29 bits per heavy atom. The van der Waals surface area contributed by atoms with Gasteiger partial charge in [0.15, 0.2) is 0 Å². The summed E-state index contributed by atoms with van der Waals surface area (Å²) in [5, 5.41) is 9.31. The van der Waals surface area contributed by atoms with E-state index in [1.54, 1.807) is 27.7 Å². The third-order valence-corrected chi connectivity index (χ3v) is 2.18. The summed E-state index contributed by atoms with van der Waals surface area (Å²) >= 11 is 0. The maximum Gasteiger partial charge on any atom is 0.307 e. The highest BCUT2D eigenvalue weighted by molar-refractivity contribution is 5.79. The van der Waals surface area contributed by atoms with Crippen molar-refractivity contribution in [3.05, 3.63) is 0 Å². The van der Waals surface area contributed by atoms with Gasteiger partial charge in [0, 0.05) is 19.0 Å². The molecule has 0 spiro atoms. The van der Waals surface area contributed by atoms with Crippen molar-refractivity contribution < 1.29 is 19.4 Å². The minimum atomic E-state index is -0.597. The van der Waals surface area contributed by atoms with Gasteiger partial charge in [0.05, 0.1) is 19.1 Å². The topological polar surface area (TPSA) is 66.8 Å². The van der Waals surface area contributed by atoms with Gasteiger partial charge in [-0.05, 0) is 13.8 Å². The third kappa shape index (κ3) is 6.94. The van der Waals surface area contributed by atoms with Crippen molar-refractivity contribution in [2.24, 2.45) is 5.92 Å². The van der Waals surface area contributed by atoms with E-state index in [1.807, 2.05) is 0 Å². The molecular formula is C12H23NO4. The van der Waals surface area contributed by atoms with Crippen LogP contribution in [0.1, 0.15) is 34.1 Å². The average Bonchev–Trinajstić information content (AvgIpc) is 2.23. The first-order chi connectivity index (χ1) is 7.88. The second-order valence-corrected chi connectivity index (χ2v) is 4.34. The maximum absolute atomic E-state index is 11.8. The summed E-state index contributed by atoms with van der Waals surface area (Å²) in [5.41, 5.74) is 0. The van der Waals surface area contributed by atoms with E-state index in [4.69, 9.17) is 4.74 Å². The second-order valence-electron chi connectivity index (χ2n) is 4.34. The van der Waals surface area contributed by atoms with Crippen molar-refractivity contribution in [2.75, 3.05) is 19.7 Å². The van der Waals surface area contributed by atoms with Crippen LogP contribution in [0, 0.1) is 5.92 Å². The van der Waals surface area contributed by atoms with Crippen LogP contribution in [-0.2, 0) is 14.3 Å². The van der Waals surface area contributed by atoms with Crippen LogP contribution in [0.2, 0.25) is 0 Å². The van der Waals surface area contributed by atoms with E-state index >= 15 is 0 Å². The molecule has 5 heteroatoms. The molecule has 1 N–H and O–H groups in total. The van der Waals surface area contributed by atoms with Crippen molar-refractivity contribution in [3.63, 3.8) is 0 Å². The summed E-state index contributed by atoms with van der Waals surface area (Å²) < 4.78 is 4.80. The molecule has 0 fully saturated rings. The fraction of sp³-hybridized carbons (Fsp3) is 0.833. The Bertz CT molecular complexity index is 251. The molecule has 0 heterocycles. The van der Waals surface area contributed by atoms with Crippen LogP contribution in [0.3, 0.4) is 0 Å². The number of amides is 1. The van der Waals surface area contributed by atoms with Gasteiger partial charge in [-0.1, -0.05) is 13.8 Å². The third-order valence-electron chi connectivity index (χ3n) is 2.18. The zero-order chi connectivity index (χ0) is 13.4. The largest absolute Gasteiger partial charge is 0.466 e. The molecule has 0 saturated carbocycles. The molecule has 0 aromatic carbocycles. The summed E-state index contributed by atoms with van der Waals surface area (Å²) in [6, 6.07) is 0. The van der Waals surface area contributed by atoms with Crippen LogP contribution < -0.4 is 0 Å². The molecule has 0 aromatic heterocycles. The first kappa shape index (κ1) is 15.9. The number of ether oxygens (including phenoxy) is 1. The molecule has 0 aliphatic carbocycles. The van der Waals surface area contributed by atoms with Crippen molar-refractivity contribution in [1.29, 1.82) is 0 Å². The van der Waals surface area contributed by atoms with Crippen LogP contribution in [0.25, 0.3) is 0 Å². The molecule has 1 amide bonds.